The maximum atomic E-state index is 13.4. The Morgan fingerprint density at radius 2 is 1.73 bits per heavy atom. The van der Waals surface area contributed by atoms with Crippen LogP contribution >= 0.6 is 0 Å². The van der Waals surface area contributed by atoms with E-state index in [1.54, 1.807) is 12.1 Å². The molecular weight excluding hydrogens is 437 g/mol. The zero-order valence-electron chi connectivity index (χ0n) is 18.2. The van der Waals surface area contributed by atoms with Crippen LogP contribution < -0.4 is 11.2 Å². The lowest BCUT2D eigenvalue weighted by atomic mass is 10.1. The number of rotatable bonds is 6. The quantitative estimate of drug-likeness (QED) is 0.381. The first kappa shape index (κ1) is 23.8. The van der Waals surface area contributed by atoms with Gasteiger partial charge in [-0.25, -0.2) is 5.43 Å². The number of hydrogen-bond donors (Lipinski definition) is 3. The smallest absolute Gasteiger partial charge is 0.416 e. The van der Waals surface area contributed by atoms with E-state index in [1.807, 2.05) is 19.9 Å². The van der Waals surface area contributed by atoms with Crippen molar-refractivity contribution in [3.05, 3.63) is 58.7 Å². The monoisotopic (exact) mass is 460 g/mol. The van der Waals surface area contributed by atoms with Crippen LogP contribution in [-0.4, -0.2) is 27.2 Å². The zero-order chi connectivity index (χ0) is 24.5. The maximum Gasteiger partial charge on any atom is 0.416 e. The van der Waals surface area contributed by atoms with Gasteiger partial charge in [0.15, 0.2) is 0 Å². The number of fused-ring (bicyclic) bond motifs is 1. The molecule has 0 fully saturated rings. The van der Waals surface area contributed by atoms with E-state index in [-0.39, 0.29) is 35.5 Å². The minimum atomic E-state index is -4.57. The van der Waals surface area contributed by atoms with Gasteiger partial charge >= 0.3 is 6.18 Å². The molecule has 0 aliphatic heterocycles. The van der Waals surface area contributed by atoms with E-state index in [2.05, 4.69) is 10.5 Å². The Morgan fingerprint density at radius 1 is 1.09 bits per heavy atom. The van der Waals surface area contributed by atoms with E-state index >= 15 is 0 Å². The molecule has 0 unspecified atom stereocenters. The fourth-order valence-electron chi connectivity index (χ4n) is 3.64. The summed E-state index contributed by atoms with van der Waals surface area (Å²) in [7, 11) is 0. The van der Waals surface area contributed by atoms with Gasteiger partial charge in [0.1, 0.15) is 0 Å². The Hall–Kier alpha value is -3.82. The average Bonchev–Trinajstić information content (AvgIpc) is 3.00. The van der Waals surface area contributed by atoms with Gasteiger partial charge in [-0.2, -0.15) is 18.3 Å². The van der Waals surface area contributed by atoms with E-state index < -0.39 is 23.6 Å². The van der Waals surface area contributed by atoms with Crippen LogP contribution in [-0.2, 0) is 15.8 Å². The number of nitrogens with one attached hydrogen (secondary N) is 1. The fraction of sp³-hybridized carbons (Fsp3) is 0.261. The lowest BCUT2D eigenvalue weighted by Gasteiger charge is -2.11. The summed E-state index contributed by atoms with van der Waals surface area (Å²) < 4.78 is 41.5. The second-order valence-electron chi connectivity index (χ2n) is 7.81. The number of hydrazone groups is 1. The van der Waals surface area contributed by atoms with Crippen LogP contribution in [0.1, 0.15) is 42.0 Å². The molecule has 1 heterocycles. The second-order valence-corrected chi connectivity index (χ2v) is 7.81. The molecule has 0 saturated carbocycles. The van der Waals surface area contributed by atoms with Crippen molar-refractivity contribution in [3.63, 3.8) is 0 Å². The highest BCUT2D eigenvalue weighted by atomic mass is 19.4. The minimum Gasteiger partial charge on any atom is -0.494 e. The summed E-state index contributed by atoms with van der Waals surface area (Å²) in [6.07, 6.45) is -4.89. The highest BCUT2D eigenvalue weighted by Crippen LogP contribution is 2.39. The number of nitrogens with two attached hydrogens (primary N) is 1. The number of alkyl halides is 3. The number of carbonyl (C=O) groups is 2. The highest BCUT2D eigenvalue weighted by molar-refractivity contribution is 6.13. The largest absolute Gasteiger partial charge is 0.494 e. The fourth-order valence-corrected chi connectivity index (χ4v) is 3.64. The molecule has 174 valence electrons. The van der Waals surface area contributed by atoms with Gasteiger partial charge in [0.2, 0.25) is 17.7 Å². The van der Waals surface area contributed by atoms with Crippen molar-refractivity contribution in [2.75, 3.05) is 0 Å². The number of carbonyl (C=O) groups excluding carboxylic acids is 2. The van der Waals surface area contributed by atoms with Crippen molar-refractivity contribution in [2.24, 2.45) is 10.8 Å². The first-order valence-corrected chi connectivity index (χ1v) is 10.0. The predicted molar refractivity (Wildman–Crippen MR) is 118 cm³/mol. The Kier molecular flexibility index (Phi) is 6.48. The van der Waals surface area contributed by atoms with E-state index in [0.717, 1.165) is 23.3 Å². The molecule has 0 bridgehead atoms. The lowest BCUT2D eigenvalue weighted by molar-refractivity contribution is -0.137. The van der Waals surface area contributed by atoms with Crippen LogP contribution in [0.2, 0.25) is 0 Å². The number of benzene rings is 2. The Balaban J connectivity index is 2.18. The number of amides is 2. The van der Waals surface area contributed by atoms with Crippen LogP contribution in [0.5, 0.6) is 5.88 Å². The van der Waals surface area contributed by atoms with E-state index in [0.29, 0.717) is 11.1 Å². The van der Waals surface area contributed by atoms with Gasteiger partial charge in [0, 0.05) is 23.9 Å². The molecular formula is C23H23F3N4O3. The third kappa shape index (κ3) is 5.16. The summed E-state index contributed by atoms with van der Waals surface area (Å²) in [4.78, 5) is 22.7. The maximum absolute atomic E-state index is 13.4. The number of halogens is 3. The summed E-state index contributed by atoms with van der Waals surface area (Å²) in [6.45, 7) is 5.19. The van der Waals surface area contributed by atoms with Gasteiger partial charge in [0.05, 0.1) is 22.4 Å². The first-order valence-electron chi connectivity index (χ1n) is 10.0. The SMILES string of the molecule is C/C(=N/NC(=O)CCC(N)=O)c1c(O)n(-c2cc(C)cc(C)c2)c2cc(C(F)(F)F)ccc12. The van der Waals surface area contributed by atoms with Crippen molar-refractivity contribution in [2.45, 2.75) is 39.8 Å². The average molecular weight is 460 g/mol. The molecule has 3 aromatic rings. The summed E-state index contributed by atoms with van der Waals surface area (Å²) in [5.41, 5.74) is 9.14. The summed E-state index contributed by atoms with van der Waals surface area (Å²) in [5, 5.41) is 15.4. The molecule has 0 aliphatic rings. The van der Waals surface area contributed by atoms with Gasteiger partial charge < -0.3 is 10.8 Å². The van der Waals surface area contributed by atoms with Gasteiger partial charge in [0.25, 0.3) is 0 Å². The van der Waals surface area contributed by atoms with Gasteiger partial charge in [-0.1, -0.05) is 12.1 Å². The molecule has 0 atom stereocenters. The van der Waals surface area contributed by atoms with Crippen molar-refractivity contribution < 1.29 is 27.9 Å². The summed E-state index contributed by atoms with van der Waals surface area (Å²) in [6, 6.07) is 8.55. The number of aromatic nitrogens is 1. The van der Waals surface area contributed by atoms with Crippen LogP contribution in [0.3, 0.4) is 0 Å². The summed E-state index contributed by atoms with van der Waals surface area (Å²) >= 11 is 0. The van der Waals surface area contributed by atoms with Gasteiger partial charge in [-0.15, -0.1) is 0 Å². The second kappa shape index (κ2) is 8.97. The van der Waals surface area contributed by atoms with Crippen LogP contribution in [0.4, 0.5) is 13.2 Å². The third-order valence-electron chi connectivity index (χ3n) is 5.04. The molecule has 2 amide bonds. The van der Waals surface area contributed by atoms with Crippen LogP contribution in [0.15, 0.2) is 41.5 Å². The molecule has 33 heavy (non-hydrogen) atoms. The van der Waals surface area contributed by atoms with Crippen molar-refractivity contribution in [1.82, 2.24) is 9.99 Å². The molecule has 0 saturated heterocycles. The topological polar surface area (TPSA) is 110 Å². The third-order valence-corrected chi connectivity index (χ3v) is 5.04. The van der Waals surface area contributed by atoms with Crippen molar-refractivity contribution >= 4 is 28.4 Å². The Morgan fingerprint density at radius 3 is 2.30 bits per heavy atom. The molecule has 7 nitrogen and oxygen atoms in total. The zero-order valence-corrected chi connectivity index (χ0v) is 18.2. The number of aromatic hydroxyl groups is 1. The number of hydrogen-bond acceptors (Lipinski definition) is 4. The molecule has 10 heteroatoms. The molecule has 0 aliphatic carbocycles. The van der Waals surface area contributed by atoms with E-state index in [9.17, 15) is 27.9 Å². The van der Waals surface area contributed by atoms with E-state index in [1.165, 1.54) is 17.6 Å². The molecule has 2 aromatic carbocycles. The van der Waals surface area contributed by atoms with Gasteiger partial charge in [-0.3, -0.25) is 14.2 Å². The first-order chi connectivity index (χ1) is 15.4. The number of nitrogens with zero attached hydrogens (tertiary/aromatic N) is 2. The number of aryl methyl sites for hydroxylation is 2. The molecule has 3 rings (SSSR count). The highest BCUT2D eigenvalue weighted by Gasteiger charge is 2.32. The number of primary amides is 1. The predicted octanol–water partition coefficient (Wildman–Crippen LogP) is 4.08. The molecule has 0 radical (unpaired) electrons. The molecule has 4 N–H and O–H groups in total. The normalized spacial score (nSPS) is 12.2. The summed E-state index contributed by atoms with van der Waals surface area (Å²) in [5.74, 6) is -1.52. The van der Waals surface area contributed by atoms with Crippen molar-refractivity contribution in [1.29, 1.82) is 0 Å². The van der Waals surface area contributed by atoms with Crippen LogP contribution in [0.25, 0.3) is 16.6 Å². The molecule has 1 aromatic heterocycles. The Bertz CT molecular complexity index is 1260. The lowest BCUT2D eigenvalue weighted by Crippen LogP contribution is -2.21. The Labute approximate surface area is 187 Å². The minimum absolute atomic E-state index is 0.136. The molecule has 0 spiro atoms. The standard InChI is InChI=1S/C23H23F3N4O3/c1-12-8-13(2)10-16(9-12)30-18-11-15(23(24,25)26)4-5-17(18)21(22(30)33)14(3)28-29-20(32)7-6-19(27)31/h4-5,8-11,33H,6-7H2,1-3H3,(H2,27,31)(H,29,32)/b28-14-. The van der Waals surface area contributed by atoms with Crippen LogP contribution in [0, 0.1) is 13.8 Å². The van der Waals surface area contributed by atoms with Crippen molar-refractivity contribution in [3.8, 4) is 11.6 Å². The van der Waals surface area contributed by atoms with Gasteiger partial charge in [-0.05, 0) is 56.2 Å². The van der Waals surface area contributed by atoms with E-state index in [4.69, 9.17) is 5.73 Å².